The summed E-state index contributed by atoms with van der Waals surface area (Å²) in [4.78, 5) is 0. The quantitative estimate of drug-likeness (QED) is 0.343. The molecule has 0 bridgehead atoms. The van der Waals surface area contributed by atoms with Gasteiger partial charge in [-0.15, -0.1) is 0 Å². The minimum Gasteiger partial charge on any atom is -0.237 e. The Labute approximate surface area is 99.6 Å². The second kappa shape index (κ2) is 8.14. The highest BCUT2D eigenvalue weighted by Crippen LogP contribution is 2.04. The minimum absolute atomic E-state index is 0.906. The maximum Gasteiger partial charge on any atom is 0.244 e. The Morgan fingerprint density at radius 3 is 2.69 bits per heavy atom. The summed E-state index contributed by atoms with van der Waals surface area (Å²) < 4.78 is 4.42. The average molecular weight is 221 g/mol. The fourth-order valence-corrected chi connectivity index (χ4v) is 1.90. The van der Waals surface area contributed by atoms with E-state index in [1.54, 1.807) is 0 Å². The number of hydrogen-bond acceptors (Lipinski definition) is 0. The Kier molecular flexibility index (Phi) is 6.62. The molecule has 0 N–H and O–H groups in total. The molecule has 0 unspecified atom stereocenters. The van der Waals surface area contributed by atoms with E-state index in [1.807, 2.05) is 6.08 Å². The van der Waals surface area contributed by atoms with Crippen LogP contribution in [0, 0.1) is 0 Å². The van der Waals surface area contributed by atoms with Gasteiger partial charge in [-0.05, 0) is 12.8 Å². The van der Waals surface area contributed by atoms with Crippen LogP contribution in [0.25, 0.3) is 0 Å². The van der Waals surface area contributed by atoms with Crippen LogP contribution in [0.2, 0.25) is 0 Å². The van der Waals surface area contributed by atoms with Gasteiger partial charge in [0.05, 0.1) is 6.54 Å². The van der Waals surface area contributed by atoms with Crippen molar-refractivity contribution in [2.45, 2.75) is 58.5 Å². The first kappa shape index (κ1) is 13.0. The zero-order chi connectivity index (χ0) is 11.6. The van der Waals surface area contributed by atoms with E-state index >= 15 is 0 Å². The van der Waals surface area contributed by atoms with Crippen molar-refractivity contribution in [1.82, 2.24) is 4.57 Å². The minimum atomic E-state index is 0.906. The average Bonchev–Trinajstić information content (AvgIpc) is 2.72. The van der Waals surface area contributed by atoms with Crippen molar-refractivity contribution in [2.24, 2.45) is 0 Å². The number of hydrogen-bond donors (Lipinski definition) is 0. The first-order chi connectivity index (χ1) is 7.86. The third-order valence-electron chi connectivity index (χ3n) is 2.86. The van der Waals surface area contributed by atoms with E-state index in [-0.39, 0.29) is 0 Å². The molecule has 2 heteroatoms. The molecule has 0 spiro atoms. The van der Waals surface area contributed by atoms with Crippen LogP contribution in [0.4, 0.5) is 0 Å². The predicted octanol–water partition coefficient (Wildman–Crippen LogP) is 3.32. The van der Waals surface area contributed by atoms with Gasteiger partial charge in [-0.2, -0.15) is 0 Å². The first-order valence-electron chi connectivity index (χ1n) is 6.52. The topological polar surface area (TPSA) is 8.81 Å². The molecule has 0 aromatic carbocycles. The van der Waals surface area contributed by atoms with Gasteiger partial charge in [-0.1, -0.05) is 45.3 Å². The van der Waals surface area contributed by atoms with Crippen LogP contribution >= 0.6 is 0 Å². The monoisotopic (exact) mass is 221 g/mol. The number of imidazole rings is 1. The summed E-state index contributed by atoms with van der Waals surface area (Å²) in [6, 6.07) is 0. The van der Waals surface area contributed by atoms with Crippen LogP contribution in [-0.4, -0.2) is 4.57 Å². The molecule has 1 aromatic heterocycles. The zero-order valence-corrected chi connectivity index (χ0v) is 10.6. The third-order valence-corrected chi connectivity index (χ3v) is 2.86. The largest absolute Gasteiger partial charge is 0.244 e. The SMILES string of the molecule is C=CCn1cc[n+](CCCCCCCC)c1. The van der Waals surface area contributed by atoms with E-state index in [4.69, 9.17) is 0 Å². The smallest absolute Gasteiger partial charge is 0.237 e. The van der Waals surface area contributed by atoms with E-state index in [1.165, 1.54) is 38.5 Å². The van der Waals surface area contributed by atoms with E-state index in [0.29, 0.717) is 0 Å². The molecule has 0 atom stereocenters. The van der Waals surface area contributed by atoms with Gasteiger partial charge < -0.3 is 0 Å². The molecule has 0 aliphatic rings. The molecule has 0 aliphatic heterocycles. The second-order valence-corrected chi connectivity index (χ2v) is 4.40. The van der Waals surface area contributed by atoms with Gasteiger partial charge in [0.25, 0.3) is 0 Å². The maximum absolute atomic E-state index is 3.74. The third kappa shape index (κ3) is 5.15. The van der Waals surface area contributed by atoms with Crippen molar-refractivity contribution >= 4 is 0 Å². The second-order valence-electron chi connectivity index (χ2n) is 4.40. The number of aryl methyl sites for hydroxylation is 1. The summed E-state index contributed by atoms with van der Waals surface area (Å²) in [6.07, 6.45) is 16.5. The van der Waals surface area contributed by atoms with Gasteiger partial charge in [-0.25, -0.2) is 9.13 Å². The normalized spacial score (nSPS) is 10.6. The molecule has 0 saturated carbocycles. The van der Waals surface area contributed by atoms with Crippen LogP contribution in [-0.2, 0) is 13.1 Å². The van der Waals surface area contributed by atoms with Crippen molar-refractivity contribution in [3.63, 3.8) is 0 Å². The van der Waals surface area contributed by atoms with Gasteiger partial charge in [0, 0.05) is 0 Å². The summed E-state index contributed by atoms with van der Waals surface area (Å²) in [7, 11) is 0. The molecule has 90 valence electrons. The molecule has 0 fully saturated rings. The van der Waals surface area contributed by atoms with E-state index in [0.717, 1.165) is 13.1 Å². The summed E-state index contributed by atoms with van der Waals surface area (Å²) >= 11 is 0. The summed E-state index contributed by atoms with van der Waals surface area (Å²) in [6.45, 7) is 8.06. The van der Waals surface area contributed by atoms with Gasteiger partial charge in [-0.3, -0.25) is 0 Å². The Hall–Kier alpha value is -1.05. The highest BCUT2D eigenvalue weighted by Gasteiger charge is 2.01. The molecule has 0 amide bonds. The van der Waals surface area contributed by atoms with Crippen molar-refractivity contribution in [1.29, 1.82) is 0 Å². The highest BCUT2D eigenvalue weighted by molar-refractivity contribution is 4.73. The number of aromatic nitrogens is 2. The Morgan fingerprint density at radius 1 is 1.19 bits per heavy atom. The molecule has 1 aromatic rings. The van der Waals surface area contributed by atoms with Crippen LogP contribution in [0.1, 0.15) is 45.4 Å². The summed E-state index contributed by atoms with van der Waals surface area (Å²) in [5.74, 6) is 0. The van der Waals surface area contributed by atoms with Crippen molar-refractivity contribution in [2.75, 3.05) is 0 Å². The Balaban J connectivity index is 2.09. The highest BCUT2D eigenvalue weighted by atomic mass is 15.1. The lowest BCUT2D eigenvalue weighted by molar-refractivity contribution is -0.696. The van der Waals surface area contributed by atoms with Gasteiger partial charge in [0.15, 0.2) is 0 Å². The molecule has 16 heavy (non-hydrogen) atoms. The van der Waals surface area contributed by atoms with E-state index < -0.39 is 0 Å². The molecular weight excluding hydrogens is 196 g/mol. The number of rotatable bonds is 9. The van der Waals surface area contributed by atoms with Crippen LogP contribution in [0.3, 0.4) is 0 Å². The molecule has 2 nitrogen and oxygen atoms in total. The molecule has 0 saturated heterocycles. The van der Waals surface area contributed by atoms with Crippen molar-refractivity contribution in [3.8, 4) is 0 Å². The Bertz CT molecular complexity index is 289. The fourth-order valence-electron chi connectivity index (χ4n) is 1.90. The van der Waals surface area contributed by atoms with Crippen molar-refractivity contribution < 1.29 is 4.57 Å². The Morgan fingerprint density at radius 2 is 1.94 bits per heavy atom. The zero-order valence-electron chi connectivity index (χ0n) is 10.6. The number of unbranched alkanes of at least 4 members (excludes halogenated alkanes) is 5. The lowest BCUT2D eigenvalue weighted by Crippen LogP contribution is -2.30. The van der Waals surface area contributed by atoms with Gasteiger partial charge in [0.1, 0.15) is 18.9 Å². The summed E-state index contributed by atoms with van der Waals surface area (Å²) in [5, 5.41) is 0. The van der Waals surface area contributed by atoms with E-state index in [2.05, 4.69) is 41.4 Å². The molecule has 0 aliphatic carbocycles. The first-order valence-corrected chi connectivity index (χ1v) is 6.52. The lowest BCUT2D eigenvalue weighted by atomic mass is 10.1. The molecular formula is C14H25N2+. The molecule has 1 rings (SSSR count). The van der Waals surface area contributed by atoms with E-state index in [9.17, 15) is 0 Å². The number of nitrogens with zero attached hydrogens (tertiary/aromatic N) is 2. The van der Waals surface area contributed by atoms with Crippen molar-refractivity contribution in [3.05, 3.63) is 31.4 Å². The molecule has 0 radical (unpaired) electrons. The fraction of sp³-hybridized carbons (Fsp3) is 0.643. The molecule has 1 heterocycles. The van der Waals surface area contributed by atoms with Gasteiger partial charge in [0.2, 0.25) is 6.33 Å². The van der Waals surface area contributed by atoms with Crippen LogP contribution < -0.4 is 4.57 Å². The van der Waals surface area contributed by atoms with Crippen LogP contribution in [0.15, 0.2) is 31.4 Å². The standard InChI is InChI=1S/C14H25N2/c1-3-5-6-7-8-9-11-16-13-12-15(14-16)10-4-2/h4,12-14H,2-3,5-11H2,1H3/q+1. The predicted molar refractivity (Wildman–Crippen MR) is 68.2 cm³/mol. The summed E-state index contributed by atoms with van der Waals surface area (Å²) in [5.41, 5.74) is 0. The number of allylic oxidation sites excluding steroid dienone is 1. The maximum atomic E-state index is 3.74. The van der Waals surface area contributed by atoms with Crippen LogP contribution in [0.5, 0.6) is 0 Å². The lowest BCUT2D eigenvalue weighted by Gasteiger charge is -1.98. The van der Waals surface area contributed by atoms with Gasteiger partial charge >= 0.3 is 0 Å².